The molecule has 5 atom stereocenters. The Bertz CT molecular complexity index is 686. The highest BCUT2D eigenvalue weighted by molar-refractivity contribution is 5.85. The molecule has 4 aliphatic rings. The number of aromatic nitrogens is 1. The van der Waals surface area contributed by atoms with Crippen LogP contribution in [-0.4, -0.2) is 24.1 Å². The van der Waals surface area contributed by atoms with E-state index in [0.717, 1.165) is 23.8 Å². The summed E-state index contributed by atoms with van der Waals surface area (Å²) >= 11 is 0. The number of fused-ring (bicyclic) bond motifs is 4. The van der Waals surface area contributed by atoms with Crippen molar-refractivity contribution in [1.29, 1.82) is 0 Å². The first-order valence-corrected chi connectivity index (χ1v) is 8.79. The predicted molar refractivity (Wildman–Crippen MR) is 85.7 cm³/mol. The van der Waals surface area contributed by atoms with Gasteiger partial charge in [0.2, 0.25) is 0 Å². The zero-order chi connectivity index (χ0) is 14.0. The lowest BCUT2D eigenvalue weighted by Gasteiger charge is -2.50. The van der Waals surface area contributed by atoms with Crippen LogP contribution >= 0.6 is 0 Å². The van der Waals surface area contributed by atoms with Gasteiger partial charge in [-0.15, -0.1) is 0 Å². The molecule has 1 aromatic carbocycles. The first-order valence-electron chi connectivity index (χ1n) is 8.79. The fourth-order valence-corrected chi connectivity index (χ4v) is 5.88. The molecule has 0 spiro atoms. The third kappa shape index (κ3) is 1.63. The van der Waals surface area contributed by atoms with Crippen LogP contribution in [0.15, 0.2) is 24.3 Å². The van der Waals surface area contributed by atoms with E-state index >= 15 is 0 Å². The average molecular weight is 281 g/mol. The summed E-state index contributed by atoms with van der Waals surface area (Å²) in [6.45, 7) is 5.20. The molecule has 2 N–H and O–H groups in total. The quantitative estimate of drug-likeness (QED) is 0.801. The van der Waals surface area contributed by atoms with E-state index < -0.39 is 0 Å². The average Bonchev–Trinajstić information content (AvgIpc) is 2.86. The van der Waals surface area contributed by atoms with Crippen LogP contribution in [0.5, 0.6) is 0 Å². The Hall–Kier alpha value is -1.28. The highest BCUT2D eigenvalue weighted by Crippen LogP contribution is 2.45. The van der Waals surface area contributed by atoms with Gasteiger partial charge in [-0.05, 0) is 30.9 Å². The number of piperidine rings is 2. The summed E-state index contributed by atoms with van der Waals surface area (Å²) in [6, 6.07) is 9.82. The molecule has 21 heavy (non-hydrogen) atoms. The van der Waals surface area contributed by atoms with Crippen LogP contribution in [0, 0.1) is 11.8 Å². The Morgan fingerprint density at radius 1 is 1.24 bits per heavy atom. The molecule has 2 saturated heterocycles. The zero-order valence-electron chi connectivity index (χ0n) is 12.9. The Balaban J connectivity index is 1.69. The summed E-state index contributed by atoms with van der Waals surface area (Å²) in [4.78, 5) is 5.75. The van der Waals surface area contributed by atoms with Crippen LogP contribution in [0.3, 0.4) is 0 Å². The monoisotopic (exact) mass is 281 g/mol. The van der Waals surface area contributed by atoms with Crippen molar-refractivity contribution in [3.05, 3.63) is 35.5 Å². The minimum absolute atomic E-state index is 0.794. The molecule has 1 aromatic heterocycles. The second kappa shape index (κ2) is 4.36. The van der Waals surface area contributed by atoms with Gasteiger partial charge < -0.3 is 9.88 Å². The van der Waals surface area contributed by atoms with Crippen molar-refractivity contribution in [2.24, 2.45) is 11.8 Å². The van der Waals surface area contributed by atoms with Crippen molar-refractivity contribution in [2.75, 3.05) is 13.1 Å². The summed E-state index contributed by atoms with van der Waals surface area (Å²) in [6.07, 6.45) is 5.57. The number of hydrogen-bond donors (Lipinski definition) is 2. The summed E-state index contributed by atoms with van der Waals surface area (Å²) in [5.74, 6) is 2.72. The van der Waals surface area contributed by atoms with Crippen molar-refractivity contribution in [1.82, 2.24) is 4.98 Å². The lowest BCUT2D eigenvalue weighted by molar-refractivity contribution is -0.946. The van der Waals surface area contributed by atoms with Gasteiger partial charge in [-0.3, -0.25) is 0 Å². The Morgan fingerprint density at radius 3 is 3.05 bits per heavy atom. The van der Waals surface area contributed by atoms with E-state index in [1.54, 1.807) is 11.3 Å². The van der Waals surface area contributed by atoms with Gasteiger partial charge in [-0.25, -0.2) is 0 Å². The van der Waals surface area contributed by atoms with Crippen LogP contribution < -0.4 is 4.90 Å². The Morgan fingerprint density at radius 2 is 2.14 bits per heavy atom. The van der Waals surface area contributed by atoms with Gasteiger partial charge in [-0.1, -0.05) is 25.1 Å². The summed E-state index contributed by atoms with van der Waals surface area (Å²) < 4.78 is 0. The van der Waals surface area contributed by atoms with Crippen LogP contribution in [0.2, 0.25) is 0 Å². The van der Waals surface area contributed by atoms with Crippen molar-refractivity contribution in [3.63, 3.8) is 0 Å². The molecule has 1 unspecified atom stereocenters. The molecule has 2 aromatic rings. The second-order valence-electron chi connectivity index (χ2n) is 7.56. The van der Waals surface area contributed by atoms with Crippen molar-refractivity contribution in [2.45, 2.75) is 44.6 Å². The minimum atomic E-state index is 0.794. The van der Waals surface area contributed by atoms with Crippen LogP contribution in [0.4, 0.5) is 0 Å². The largest absolute Gasteiger partial charge is 0.358 e. The number of nitrogens with one attached hydrogen (secondary N) is 2. The number of hydrogen-bond acceptors (Lipinski definition) is 0. The number of benzene rings is 1. The molecule has 110 valence electrons. The van der Waals surface area contributed by atoms with Gasteiger partial charge in [-0.2, -0.15) is 0 Å². The fourth-order valence-electron chi connectivity index (χ4n) is 5.88. The summed E-state index contributed by atoms with van der Waals surface area (Å²) in [5, 5.41) is 1.49. The molecule has 4 bridgehead atoms. The summed E-state index contributed by atoms with van der Waals surface area (Å²) in [5.41, 5.74) is 4.62. The van der Waals surface area contributed by atoms with Crippen LogP contribution in [0.25, 0.3) is 10.9 Å². The molecule has 1 saturated carbocycles. The van der Waals surface area contributed by atoms with E-state index in [-0.39, 0.29) is 0 Å². The Kier molecular flexibility index (Phi) is 2.55. The lowest BCUT2D eigenvalue weighted by Crippen LogP contribution is -3.20. The molecule has 2 nitrogen and oxygen atoms in total. The number of quaternary nitrogens is 1. The number of para-hydroxylation sites is 1. The van der Waals surface area contributed by atoms with Crippen LogP contribution in [-0.2, 0) is 6.42 Å². The lowest BCUT2D eigenvalue weighted by atomic mass is 9.65. The topological polar surface area (TPSA) is 20.2 Å². The van der Waals surface area contributed by atoms with E-state index in [0.29, 0.717) is 0 Å². The van der Waals surface area contributed by atoms with Gasteiger partial charge >= 0.3 is 0 Å². The molecule has 0 radical (unpaired) electrons. The van der Waals surface area contributed by atoms with Gasteiger partial charge in [0.1, 0.15) is 0 Å². The highest BCUT2D eigenvalue weighted by Gasteiger charge is 2.51. The number of aromatic amines is 1. The fraction of sp³-hybridized carbons (Fsp3) is 0.579. The first kappa shape index (κ1) is 12.3. The molecule has 6 rings (SSSR count). The van der Waals surface area contributed by atoms with Crippen molar-refractivity contribution >= 4 is 10.9 Å². The highest BCUT2D eigenvalue weighted by atomic mass is 15.2. The molecule has 0 amide bonds. The molecule has 3 fully saturated rings. The van der Waals surface area contributed by atoms with Gasteiger partial charge in [0.15, 0.2) is 0 Å². The second-order valence-corrected chi connectivity index (χ2v) is 7.56. The number of rotatable bonds is 1. The Labute approximate surface area is 126 Å². The third-order valence-electron chi connectivity index (χ3n) is 6.62. The van der Waals surface area contributed by atoms with Gasteiger partial charge in [0, 0.05) is 34.9 Å². The normalized spacial score (nSPS) is 37.5. The number of H-pyrrole nitrogens is 1. The van der Waals surface area contributed by atoms with E-state index in [1.165, 1.54) is 49.7 Å². The molecule has 3 aliphatic heterocycles. The SMILES string of the molecule is CC[C@H]1C[C@@H]2C[C@H]3c4[nH]c5ccccc5c4CC[NH+](C2)[C@@H]13. The van der Waals surface area contributed by atoms with E-state index in [1.807, 2.05) is 4.90 Å². The predicted octanol–water partition coefficient (Wildman–Crippen LogP) is 2.51. The van der Waals surface area contributed by atoms with Gasteiger partial charge in [0.05, 0.1) is 25.0 Å². The molecular weight excluding hydrogens is 256 g/mol. The maximum Gasteiger partial charge on any atom is 0.0987 e. The molecule has 1 aliphatic carbocycles. The minimum Gasteiger partial charge on any atom is -0.358 e. The van der Waals surface area contributed by atoms with E-state index in [2.05, 4.69) is 36.2 Å². The zero-order valence-corrected chi connectivity index (χ0v) is 12.9. The summed E-state index contributed by atoms with van der Waals surface area (Å²) in [7, 11) is 0. The first-order chi connectivity index (χ1) is 10.3. The van der Waals surface area contributed by atoms with Crippen molar-refractivity contribution in [3.8, 4) is 0 Å². The van der Waals surface area contributed by atoms with Crippen LogP contribution in [0.1, 0.15) is 43.4 Å². The molecule has 2 heteroatoms. The molecular formula is C19H25N2+. The molecule has 4 heterocycles. The van der Waals surface area contributed by atoms with E-state index in [4.69, 9.17) is 0 Å². The van der Waals surface area contributed by atoms with E-state index in [9.17, 15) is 0 Å². The maximum absolute atomic E-state index is 3.83. The smallest absolute Gasteiger partial charge is 0.0987 e. The standard InChI is InChI=1S/C19H24N2/c1-2-13-9-12-10-16-18-15(7-8-21(11-12)19(13)16)14-5-3-4-6-17(14)20-18/h3-6,12-13,16,19-20H,2,7-11H2,1H3/p+1/t12-,13+,16+,19+/m1/s1. The van der Waals surface area contributed by atoms with Crippen molar-refractivity contribution < 1.29 is 4.90 Å². The maximum atomic E-state index is 3.83. The third-order valence-corrected chi connectivity index (χ3v) is 6.62. The van der Waals surface area contributed by atoms with Gasteiger partial charge in [0.25, 0.3) is 0 Å².